The average Bonchev–Trinajstić information content (AvgIpc) is 3.22. The van der Waals surface area contributed by atoms with E-state index in [4.69, 9.17) is 30.8 Å². The standard InChI is InChI=1S/C22H24ClN3O4S/c1-28-18-6-7-20-19(14-18)24-22(31-20)26(9-8-25-10-12-29-13-11-25)21(27)15-30-17-4-2-16(23)3-5-17/h2-7,14H,8-13,15H2,1H3. The molecule has 4 rings (SSSR count). The normalized spacial score (nSPS) is 14.5. The van der Waals surface area contributed by atoms with Crippen LogP contribution in [0.3, 0.4) is 0 Å². The number of halogens is 1. The number of methoxy groups -OCH3 is 1. The van der Waals surface area contributed by atoms with Crippen LogP contribution >= 0.6 is 22.9 Å². The quantitative estimate of drug-likeness (QED) is 0.509. The van der Waals surface area contributed by atoms with Crippen molar-refractivity contribution < 1.29 is 19.0 Å². The highest BCUT2D eigenvalue weighted by molar-refractivity contribution is 7.22. The first kappa shape index (κ1) is 21.8. The van der Waals surface area contributed by atoms with E-state index in [1.165, 1.54) is 11.3 Å². The number of hydrogen-bond acceptors (Lipinski definition) is 7. The molecule has 1 aromatic heterocycles. The number of aromatic nitrogens is 1. The first-order chi connectivity index (χ1) is 15.1. The minimum Gasteiger partial charge on any atom is -0.497 e. The fourth-order valence-corrected chi connectivity index (χ4v) is 4.40. The molecule has 9 heteroatoms. The van der Waals surface area contributed by atoms with Crippen LogP contribution in [0.15, 0.2) is 42.5 Å². The molecule has 0 unspecified atom stereocenters. The largest absolute Gasteiger partial charge is 0.497 e. The number of amides is 1. The van der Waals surface area contributed by atoms with Crippen LogP contribution in [-0.2, 0) is 9.53 Å². The monoisotopic (exact) mass is 461 g/mol. The van der Waals surface area contributed by atoms with Crippen LogP contribution < -0.4 is 14.4 Å². The summed E-state index contributed by atoms with van der Waals surface area (Å²) in [6.07, 6.45) is 0. The Labute approximate surface area is 190 Å². The summed E-state index contributed by atoms with van der Waals surface area (Å²) in [6.45, 7) is 4.35. The second kappa shape index (κ2) is 10.3. The highest BCUT2D eigenvalue weighted by Gasteiger charge is 2.22. The molecule has 1 aliphatic rings. The molecule has 7 nitrogen and oxygen atoms in total. The van der Waals surface area contributed by atoms with Crippen LogP contribution in [0, 0.1) is 0 Å². The topological polar surface area (TPSA) is 64.1 Å². The molecule has 1 aliphatic heterocycles. The van der Waals surface area contributed by atoms with E-state index in [-0.39, 0.29) is 12.5 Å². The maximum atomic E-state index is 13.1. The molecule has 31 heavy (non-hydrogen) atoms. The highest BCUT2D eigenvalue weighted by Crippen LogP contribution is 2.31. The van der Waals surface area contributed by atoms with Crippen LogP contribution in [0.4, 0.5) is 5.13 Å². The number of rotatable bonds is 8. The Hall–Kier alpha value is -2.39. The lowest BCUT2D eigenvalue weighted by Gasteiger charge is -2.29. The molecular weight excluding hydrogens is 438 g/mol. The minimum absolute atomic E-state index is 0.0794. The lowest BCUT2D eigenvalue weighted by molar-refractivity contribution is -0.120. The second-order valence-corrected chi connectivity index (χ2v) is 8.52. The summed E-state index contributed by atoms with van der Waals surface area (Å²) in [6, 6.07) is 12.7. The van der Waals surface area contributed by atoms with E-state index in [9.17, 15) is 4.79 Å². The number of carbonyl (C=O) groups excluding carboxylic acids is 1. The number of thiazole rings is 1. The number of morpholine rings is 1. The van der Waals surface area contributed by atoms with Crippen molar-refractivity contribution in [2.24, 2.45) is 0 Å². The average molecular weight is 462 g/mol. The van der Waals surface area contributed by atoms with Gasteiger partial charge >= 0.3 is 0 Å². The van der Waals surface area contributed by atoms with E-state index in [2.05, 4.69) is 4.90 Å². The van der Waals surface area contributed by atoms with Gasteiger partial charge < -0.3 is 14.2 Å². The summed E-state index contributed by atoms with van der Waals surface area (Å²) in [7, 11) is 1.63. The number of hydrogen-bond donors (Lipinski definition) is 0. The van der Waals surface area contributed by atoms with Crippen molar-refractivity contribution in [3.8, 4) is 11.5 Å². The second-order valence-electron chi connectivity index (χ2n) is 7.07. The molecule has 3 aromatic rings. The molecule has 1 fully saturated rings. The van der Waals surface area contributed by atoms with Gasteiger partial charge in [0.2, 0.25) is 0 Å². The molecule has 0 bridgehead atoms. The van der Waals surface area contributed by atoms with Gasteiger partial charge in [0.25, 0.3) is 5.91 Å². The molecule has 0 radical (unpaired) electrons. The number of anilines is 1. The van der Waals surface area contributed by atoms with Crippen molar-refractivity contribution in [1.82, 2.24) is 9.88 Å². The smallest absolute Gasteiger partial charge is 0.266 e. The molecule has 164 valence electrons. The third-order valence-corrected chi connectivity index (χ3v) is 6.35. The van der Waals surface area contributed by atoms with Crippen molar-refractivity contribution in [3.63, 3.8) is 0 Å². The van der Waals surface area contributed by atoms with Gasteiger partial charge in [-0.15, -0.1) is 0 Å². The molecule has 2 aromatic carbocycles. The van der Waals surface area contributed by atoms with E-state index in [0.717, 1.165) is 35.6 Å². The van der Waals surface area contributed by atoms with Crippen LogP contribution in [0.1, 0.15) is 0 Å². The molecule has 0 N–H and O–H groups in total. The number of ether oxygens (including phenoxy) is 3. The SMILES string of the molecule is COc1ccc2sc(N(CCN3CCOCC3)C(=O)COc3ccc(Cl)cc3)nc2c1. The Balaban J connectivity index is 1.51. The minimum atomic E-state index is -0.144. The first-order valence-corrected chi connectivity index (χ1v) is 11.3. The summed E-state index contributed by atoms with van der Waals surface area (Å²) in [5, 5.41) is 1.27. The zero-order valence-corrected chi connectivity index (χ0v) is 18.8. The van der Waals surface area contributed by atoms with Gasteiger partial charge in [-0.2, -0.15) is 0 Å². The third-order valence-electron chi connectivity index (χ3n) is 5.03. The van der Waals surface area contributed by atoms with Gasteiger partial charge in [-0.1, -0.05) is 22.9 Å². The molecule has 1 saturated heterocycles. The molecule has 1 amide bonds. The van der Waals surface area contributed by atoms with E-state index >= 15 is 0 Å². The van der Waals surface area contributed by atoms with Crippen molar-refractivity contribution in [2.45, 2.75) is 0 Å². The molecular formula is C22H24ClN3O4S. The molecule has 0 atom stereocenters. The number of fused-ring (bicyclic) bond motifs is 1. The van der Waals surface area contributed by atoms with Crippen molar-refractivity contribution >= 4 is 44.2 Å². The Morgan fingerprint density at radius 2 is 1.94 bits per heavy atom. The first-order valence-electron chi connectivity index (χ1n) is 10.1. The summed E-state index contributed by atoms with van der Waals surface area (Å²) in [5.41, 5.74) is 0.808. The number of nitrogens with zero attached hydrogens (tertiary/aromatic N) is 3. The molecule has 2 heterocycles. The number of benzene rings is 2. The van der Waals surface area contributed by atoms with Gasteiger partial charge in [-0.25, -0.2) is 4.98 Å². The predicted molar refractivity (Wildman–Crippen MR) is 123 cm³/mol. The summed E-state index contributed by atoms with van der Waals surface area (Å²) < 4.78 is 17.4. The third kappa shape index (κ3) is 5.65. The number of carbonyl (C=O) groups is 1. The highest BCUT2D eigenvalue weighted by atomic mass is 35.5. The van der Waals surface area contributed by atoms with Gasteiger partial charge in [0.15, 0.2) is 11.7 Å². The summed E-state index contributed by atoms with van der Waals surface area (Å²) >= 11 is 7.41. The van der Waals surface area contributed by atoms with Crippen LogP contribution in [-0.4, -0.2) is 68.9 Å². The van der Waals surface area contributed by atoms with E-state index in [1.807, 2.05) is 18.2 Å². The Morgan fingerprint density at radius 1 is 1.19 bits per heavy atom. The maximum absolute atomic E-state index is 13.1. The predicted octanol–water partition coefficient (Wildman–Crippen LogP) is 3.70. The van der Waals surface area contributed by atoms with Crippen molar-refractivity contribution in [2.75, 3.05) is 58.0 Å². The Bertz CT molecular complexity index is 1020. The zero-order valence-electron chi connectivity index (χ0n) is 17.3. The lowest BCUT2D eigenvalue weighted by Crippen LogP contribution is -2.44. The summed E-state index contributed by atoms with van der Waals surface area (Å²) in [4.78, 5) is 21.8. The van der Waals surface area contributed by atoms with Crippen LogP contribution in [0.5, 0.6) is 11.5 Å². The fraction of sp³-hybridized carbons (Fsp3) is 0.364. The Morgan fingerprint density at radius 3 is 2.68 bits per heavy atom. The maximum Gasteiger partial charge on any atom is 0.266 e. The van der Waals surface area contributed by atoms with Gasteiger partial charge in [-0.05, 0) is 36.4 Å². The van der Waals surface area contributed by atoms with Gasteiger partial charge in [0, 0.05) is 37.3 Å². The van der Waals surface area contributed by atoms with Crippen molar-refractivity contribution in [3.05, 3.63) is 47.5 Å². The molecule has 0 saturated carbocycles. The van der Waals surface area contributed by atoms with Gasteiger partial charge in [0.1, 0.15) is 11.5 Å². The Kier molecular flexibility index (Phi) is 7.24. The van der Waals surface area contributed by atoms with Gasteiger partial charge in [-0.3, -0.25) is 14.6 Å². The van der Waals surface area contributed by atoms with Crippen LogP contribution in [0.2, 0.25) is 5.02 Å². The summed E-state index contributed by atoms with van der Waals surface area (Å²) in [5.74, 6) is 1.19. The molecule has 0 spiro atoms. The van der Waals surface area contributed by atoms with Gasteiger partial charge in [0.05, 0.1) is 30.5 Å². The lowest BCUT2D eigenvalue weighted by atomic mass is 10.3. The van der Waals surface area contributed by atoms with E-state index < -0.39 is 0 Å². The zero-order chi connectivity index (χ0) is 21.6. The van der Waals surface area contributed by atoms with Crippen LogP contribution in [0.25, 0.3) is 10.2 Å². The van der Waals surface area contributed by atoms with Crippen molar-refractivity contribution in [1.29, 1.82) is 0 Å². The fourth-order valence-electron chi connectivity index (χ4n) is 3.28. The van der Waals surface area contributed by atoms with E-state index in [1.54, 1.807) is 36.3 Å². The van der Waals surface area contributed by atoms with E-state index in [0.29, 0.717) is 35.7 Å². The molecule has 0 aliphatic carbocycles.